The number of hydrogen-bond acceptors (Lipinski definition) is 4. The van der Waals surface area contributed by atoms with E-state index in [1.807, 2.05) is 0 Å². The predicted molar refractivity (Wildman–Crippen MR) is 75.8 cm³/mol. The number of carboxylic acid groups (broad SMARTS) is 1. The molecule has 2 amide bonds. The molecule has 0 aromatic heterocycles. The number of ether oxygens (including phenoxy) is 1. The average Bonchev–Trinajstić information content (AvgIpc) is 2.37. The van der Waals surface area contributed by atoms with Crippen molar-refractivity contribution in [3.8, 4) is 0 Å². The molecule has 1 saturated heterocycles. The summed E-state index contributed by atoms with van der Waals surface area (Å²) in [5, 5.41) is 9.29. The first-order chi connectivity index (χ1) is 9.68. The first-order valence-corrected chi connectivity index (χ1v) is 7.11. The molecule has 0 spiro atoms. The SMILES string of the molecule is CCOC(=O)N1CCN(C(=O)C(C(=O)O)C(C)(C)C)CC1. The van der Waals surface area contributed by atoms with Gasteiger partial charge in [0.25, 0.3) is 0 Å². The van der Waals surface area contributed by atoms with Crippen LogP contribution in [0.15, 0.2) is 0 Å². The molecular weight excluding hydrogens is 276 g/mol. The van der Waals surface area contributed by atoms with E-state index in [2.05, 4.69) is 0 Å². The number of nitrogens with zero attached hydrogens (tertiary/aromatic N) is 2. The Kier molecular flexibility index (Phi) is 5.57. The fraction of sp³-hybridized carbons (Fsp3) is 0.786. The van der Waals surface area contributed by atoms with Crippen LogP contribution in [-0.2, 0) is 14.3 Å². The van der Waals surface area contributed by atoms with Gasteiger partial charge < -0.3 is 19.6 Å². The minimum absolute atomic E-state index is 0.309. The number of carbonyl (C=O) groups is 3. The first kappa shape index (κ1) is 17.3. The number of carbonyl (C=O) groups excluding carboxylic acids is 2. The van der Waals surface area contributed by atoms with E-state index in [-0.39, 0.29) is 0 Å². The third kappa shape index (κ3) is 4.34. The maximum absolute atomic E-state index is 12.4. The second kappa shape index (κ2) is 6.78. The molecule has 1 heterocycles. The van der Waals surface area contributed by atoms with E-state index >= 15 is 0 Å². The highest BCUT2D eigenvalue weighted by molar-refractivity contribution is 5.97. The molecule has 7 heteroatoms. The summed E-state index contributed by atoms with van der Waals surface area (Å²) < 4.78 is 4.91. The van der Waals surface area contributed by atoms with Crippen LogP contribution in [0, 0.1) is 11.3 Å². The number of carboxylic acids is 1. The van der Waals surface area contributed by atoms with Gasteiger partial charge in [0, 0.05) is 26.2 Å². The van der Waals surface area contributed by atoms with Crippen molar-refractivity contribution in [1.29, 1.82) is 0 Å². The van der Waals surface area contributed by atoms with Gasteiger partial charge >= 0.3 is 12.1 Å². The summed E-state index contributed by atoms with van der Waals surface area (Å²) in [7, 11) is 0. The van der Waals surface area contributed by atoms with Gasteiger partial charge in [-0.1, -0.05) is 20.8 Å². The van der Waals surface area contributed by atoms with E-state index in [1.54, 1.807) is 27.7 Å². The maximum atomic E-state index is 12.4. The van der Waals surface area contributed by atoms with Gasteiger partial charge in [0.15, 0.2) is 0 Å². The number of aliphatic carboxylic acids is 1. The third-order valence-electron chi connectivity index (χ3n) is 3.48. The summed E-state index contributed by atoms with van der Waals surface area (Å²) in [5.74, 6) is -2.58. The molecule has 1 fully saturated rings. The molecule has 1 aliphatic rings. The van der Waals surface area contributed by atoms with E-state index in [0.717, 1.165) is 0 Å². The van der Waals surface area contributed by atoms with Crippen LogP contribution in [0.3, 0.4) is 0 Å². The molecular formula is C14H24N2O5. The highest BCUT2D eigenvalue weighted by Crippen LogP contribution is 2.28. The zero-order chi connectivity index (χ0) is 16.2. The molecule has 0 bridgehead atoms. The maximum Gasteiger partial charge on any atom is 0.409 e. The first-order valence-electron chi connectivity index (χ1n) is 7.11. The summed E-state index contributed by atoms with van der Waals surface area (Å²) in [6.07, 6.45) is -0.393. The lowest BCUT2D eigenvalue weighted by Crippen LogP contribution is -2.54. The van der Waals surface area contributed by atoms with Crippen molar-refractivity contribution in [3.63, 3.8) is 0 Å². The summed E-state index contributed by atoms with van der Waals surface area (Å²) >= 11 is 0. The molecule has 0 saturated carbocycles. The normalized spacial score (nSPS) is 17.3. The third-order valence-corrected chi connectivity index (χ3v) is 3.48. The van der Waals surface area contributed by atoms with Crippen LogP contribution in [0.4, 0.5) is 4.79 Å². The van der Waals surface area contributed by atoms with E-state index in [9.17, 15) is 19.5 Å². The molecule has 7 nitrogen and oxygen atoms in total. The van der Waals surface area contributed by atoms with Gasteiger partial charge in [-0.05, 0) is 12.3 Å². The highest BCUT2D eigenvalue weighted by Gasteiger charge is 2.41. The summed E-state index contributed by atoms with van der Waals surface area (Å²) in [4.78, 5) is 38.4. The number of rotatable bonds is 3. The largest absolute Gasteiger partial charge is 0.481 e. The number of hydrogen-bond donors (Lipinski definition) is 1. The van der Waals surface area contributed by atoms with Crippen LogP contribution in [0.2, 0.25) is 0 Å². The molecule has 0 aliphatic carbocycles. The summed E-state index contributed by atoms with van der Waals surface area (Å²) in [6.45, 7) is 8.63. The molecule has 0 aromatic rings. The summed E-state index contributed by atoms with van der Waals surface area (Å²) in [6, 6.07) is 0. The molecule has 1 unspecified atom stereocenters. The van der Waals surface area contributed by atoms with Crippen LogP contribution in [0.5, 0.6) is 0 Å². The van der Waals surface area contributed by atoms with Gasteiger partial charge in [-0.25, -0.2) is 4.79 Å². The molecule has 21 heavy (non-hydrogen) atoms. The second-order valence-corrected chi connectivity index (χ2v) is 6.15. The zero-order valence-electron chi connectivity index (χ0n) is 13.1. The van der Waals surface area contributed by atoms with Gasteiger partial charge in [0.05, 0.1) is 6.61 Å². The minimum atomic E-state index is -1.11. The van der Waals surface area contributed by atoms with E-state index < -0.39 is 29.3 Å². The quantitative estimate of drug-likeness (QED) is 0.787. The molecule has 0 radical (unpaired) electrons. The summed E-state index contributed by atoms with van der Waals surface area (Å²) in [5.41, 5.74) is -0.652. The number of piperazine rings is 1. The second-order valence-electron chi connectivity index (χ2n) is 6.15. The van der Waals surface area contributed by atoms with Crippen LogP contribution in [0.25, 0.3) is 0 Å². The highest BCUT2D eigenvalue weighted by atomic mass is 16.6. The Bertz CT molecular complexity index is 408. The van der Waals surface area contributed by atoms with E-state index in [4.69, 9.17) is 4.74 Å². The lowest BCUT2D eigenvalue weighted by Gasteiger charge is -2.37. The van der Waals surface area contributed by atoms with Crippen molar-refractivity contribution in [3.05, 3.63) is 0 Å². The van der Waals surface area contributed by atoms with E-state index in [0.29, 0.717) is 32.8 Å². The smallest absolute Gasteiger partial charge is 0.409 e. The van der Waals surface area contributed by atoms with Crippen molar-refractivity contribution >= 4 is 18.0 Å². The Balaban J connectivity index is 2.66. The zero-order valence-corrected chi connectivity index (χ0v) is 13.1. The molecule has 1 aliphatic heterocycles. The van der Waals surface area contributed by atoms with Crippen LogP contribution in [-0.4, -0.2) is 65.7 Å². The topological polar surface area (TPSA) is 87.2 Å². The Morgan fingerprint density at radius 1 is 1.10 bits per heavy atom. The van der Waals surface area contributed by atoms with Crippen molar-refractivity contribution in [1.82, 2.24) is 9.80 Å². The Morgan fingerprint density at radius 3 is 1.95 bits per heavy atom. The van der Waals surface area contributed by atoms with Gasteiger partial charge in [-0.3, -0.25) is 9.59 Å². The van der Waals surface area contributed by atoms with Gasteiger partial charge in [-0.2, -0.15) is 0 Å². The minimum Gasteiger partial charge on any atom is -0.481 e. The fourth-order valence-corrected chi connectivity index (χ4v) is 2.35. The Hall–Kier alpha value is -1.79. The predicted octanol–water partition coefficient (Wildman–Crippen LogP) is 1.03. The molecule has 1 rings (SSSR count). The molecule has 0 aromatic carbocycles. The molecule has 1 atom stereocenters. The van der Waals surface area contributed by atoms with Crippen molar-refractivity contribution in [2.75, 3.05) is 32.8 Å². The Morgan fingerprint density at radius 2 is 1.57 bits per heavy atom. The van der Waals surface area contributed by atoms with Gasteiger partial charge in [-0.15, -0.1) is 0 Å². The lowest BCUT2D eigenvalue weighted by atomic mass is 9.79. The van der Waals surface area contributed by atoms with Crippen molar-refractivity contribution in [2.45, 2.75) is 27.7 Å². The Labute approximate surface area is 124 Å². The monoisotopic (exact) mass is 300 g/mol. The van der Waals surface area contributed by atoms with Gasteiger partial charge in [0.2, 0.25) is 5.91 Å². The van der Waals surface area contributed by atoms with E-state index in [1.165, 1.54) is 9.80 Å². The average molecular weight is 300 g/mol. The van der Waals surface area contributed by atoms with Crippen molar-refractivity contribution in [2.24, 2.45) is 11.3 Å². The fourth-order valence-electron chi connectivity index (χ4n) is 2.35. The number of amides is 2. The standard InChI is InChI=1S/C14H24N2O5/c1-5-21-13(20)16-8-6-15(7-9-16)11(17)10(12(18)19)14(2,3)4/h10H,5-9H2,1-4H3,(H,18,19). The molecule has 120 valence electrons. The van der Waals surface area contributed by atoms with Crippen LogP contribution >= 0.6 is 0 Å². The van der Waals surface area contributed by atoms with Crippen LogP contribution in [0.1, 0.15) is 27.7 Å². The van der Waals surface area contributed by atoms with Crippen molar-refractivity contribution < 1.29 is 24.2 Å². The molecule has 1 N–H and O–H groups in total. The lowest BCUT2D eigenvalue weighted by molar-refractivity contribution is -0.157. The van der Waals surface area contributed by atoms with Gasteiger partial charge in [0.1, 0.15) is 5.92 Å². The van der Waals surface area contributed by atoms with Crippen LogP contribution < -0.4 is 0 Å².